The summed E-state index contributed by atoms with van der Waals surface area (Å²) in [6.07, 6.45) is 3.68. The van der Waals surface area contributed by atoms with Gasteiger partial charge >= 0.3 is 0 Å². The van der Waals surface area contributed by atoms with Crippen molar-refractivity contribution >= 4 is 0 Å². The number of hydrogen-bond donors (Lipinski definition) is 1. The Morgan fingerprint density at radius 1 is 1.33 bits per heavy atom. The summed E-state index contributed by atoms with van der Waals surface area (Å²) >= 11 is 0. The van der Waals surface area contributed by atoms with Gasteiger partial charge in [-0.1, -0.05) is 13.0 Å². The number of likely N-dealkylation sites (tertiary alicyclic amines) is 1. The van der Waals surface area contributed by atoms with Crippen LogP contribution in [0.15, 0.2) is 18.2 Å². The maximum Gasteiger partial charge on any atom is 0.126 e. The normalized spacial score (nSPS) is 23.6. The van der Waals surface area contributed by atoms with E-state index < -0.39 is 0 Å². The minimum atomic E-state index is -0.382. The van der Waals surface area contributed by atoms with Crippen LogP contribution in [0, 0.1) is 11.7 Å². The quantitative estimate of drug-likeness (QED) is 0.866. The Morgan fingerprint density at radius 3 is 2.83 bits per heavy atom. The van der Waals surface area contributed by atoms with Gasteiger partial charge in [-0.25, -0.2) is 4.39 Å². The number of hydrogen-bond acceptors (Lipinski definition) is 2. The van der Waals surface area contributed by atoms with Crippen molar-refractivity contribution in [3.05, 3.63) is 29.6 Å². The highest BCUT2D eigenvalue weighted by atomic mass is 19.1. The van der Waals surface area contributed by atoms with E-state index in [2.05, 4.69) is 18.7 Å². The molecule has 2 atom stereocenters. The highest BCUT2D eigenvalue weighted by Gasteiger charge is 2.21. The van der Waals surface area contributed by atoms with Gasteiger partial charge in [-0.15, -0.1) is 0 Å². The average Bonchev–Trinajstić information content (AvgIpc) is 2.53. The Balaban J connectivity index is 2.12. The van der Waals surface area contributed by atoms with Crippen molar-refractivity contribution in [2.24, 2.45) is 5.92 Å². The van der Waals surface area contributed by atoms with E-state index in [0.717, 1.165) is 24.6 Å². The van der Waals surface area contributed by atoms with Crippen LogP contribution in [-0.2, 0) is 0 Å². The van der Waals surface area contributed by atoms with Crippen molar-refractivity contribution in [3.8, 4) is 5.75 Å². The van der Waals surface area contributed by atoms with E-state index >= 15 is 0 Å². The maximum atomic E-state index is 13.0. The fraction of sp³-hybridized carbons (Fsp3) is 0.600. The van der Waals surface area contributed by atoms with Crippen LogP contribution in [0.4, 0.5) is 4.39 Å². The molecule has 0 spiro atoms. The Bertz CT molecular complexity index is 407. The van der Waals surface area contributed by atoms with Crippen LogP contribution in [0.1, 0.15) is 44.7 Å². The van der Waals surface area contributed by atoms with Gasteiger partial charge in [0.05, 0.1) is 0 Å². The molecule has 0 aromatic heterocycles. The minimum Gasteiger partial charge on any atom is -0.508 e. The smallest absolute Gasteiger partial charge is 0.126 e. The molecule has 1 N–H and O–H groups in total. The van der Waals surface area contributed by atoms with Crippen molar-refractivity contribution in [2.75, 3.05) is 13.1 Å². The number of phenols is 1. The highest BCUT2D eigenvalue weighted by Crippen LogP contribution is 2.31. The fourth-order valence-corrected chi connectivity index (χ4v) is 2.74. The molecule has 18 heavy (non-hydrogen) atoms. The van der Waals surface area contributed by atoms with Crippen LogP contribution in [0.25, 0.3) is 0 Å². The lowest BCUT2D eigenvalue weighted by Gasteiger charge is -2.28. The van der Waals surface area contributed by atoms with E-state index in [0.29, 0.717) is 0 Å². The number of halogens is 1. The molecule has 1 heterocycles. The van der Waals surface area contributed by atoms with E-state index in [9.17, 15) is 9.50 Å². The van der Waals surface area contributed by atoms with Crippen LogP contribution < -0.4 is 0 Å². The fourth-order valence-electron chi connectivity index (χ4n) is 2.74. The van der Waals surface area contributed by atoms with Gasteiger partial charge in [-0.3, -0.25) is 4.90 Å². The van der Waals surface area contributed by atoms with Crippen LogP contribution in [0.3, 0.4) is 0 Å². The zero-order valence-electron chi connectivity index (χ0n) is 11.2. The molecule has 1 aliphatic rings. The Morgan fingerprint density at radius 2 is 2.11 bits per heavy atom. The molecule has 1 saturated heterocycles. The van der Waals surface area contributed by atoms with E-state index in [1.807, 2.05) is 0 Å². The number of nitrogens with zero attached hydrogens (tertiary/aromatic N) is 1. The van der Waals surface area contributed by atoms with Gasteiger partial charge in [0.25, 0.3) is 0 Å². The van der Waals surface area contributed by atoms with E-state index in [4.69, 9.17) is 0 Å². The second-order valence-electron chi connectivity index (χ2n) is 5.45. The van der Waals surface area contributed by atoms with E-state index in [1.54, 1.807) is 6.07 Å². The van der Waals surface area contributed by atoms with Crippen LogP contribution >= 0.6 is 0 Å². The second-order valence-corrected chi connectivity index (χ2v) is 5.45. The molecule has 0 saturated carbocycles. The molecule has 1 aromatic rings. The third kappa shape index (κ3) is 3.02. The lowest BCUT2D eigenvalue weighted by molar-refractivity contribution is 0.213. The van der Waals surface area contributed by atoms with Crippen molar-refractivity contribution in [3.63, 3.8) is 0 Å². The molecule has 2 rings (SSSR count). The molecule has 100 valence electrons. The predicted octanol–water partition coefficient (Wildman–Crippen LogP) is 3.71. The summed E-state index contributed by atoms with van der Waals surface area (Å²) in [5.74, 6) is 0.469. The van der Waals surface area contributed by atoms with Gasteiger partial charge in [-0.2, -0.15) is 0 Å². The molecular weight excluding hydrogens is 229 g/mol. The first-order valence-electron chi connectivity index (χ1n) is 6.80. The average molecular weight is 251 g/mol. The first kappa shape index (κ1) is 13.3. The molecular formula is C15H22FNO. The maximum absolute atomic E-state index is 13.0. The summed E-state index contributed by atoms with van der Waals surface area (Å²) in [5, 5.41) is 9.85. The Hall–Kier alpha value is -1.09. The summed E-state index contributed by atoms with van der Waals surface area (Å²) in [6, 6.07) is 4.47. The molecule has 0 aliphatic carbocycles. The predicted molar refractivity (Wildman–Crippen MR) is 71.1 cm³/mol. The van der Waals surface area contributed by atoms with E-state index in [1.165, 1.54) is 31.4 Å². The van der Waals surface area contributed by atoms with Gasteiger partial charge < -0.3 is 5.11 Å². The summed E-state index contributed by atoms with van der Waals surface area (Å²) < 4.78 is 13.0. The lowest BCUT2D eigenvalue weighted by atomic mass is 10.0. The van der Waals surface area contributed by atoms with Crippen LogP contribution in [0.2, 0.25) is 0 Å². The standard InChI is InChI=1S/C15H22FNO/c1-11-4-3-8-17(9-7-11)12(2)14-6-5-13(16)10-15(14)18/h5-6,10-12,18H,3-4,7-9H2,1-2H3. The summed E-state index contributed by atoms with van der Waals surface area (Å²) in [5.41, 5.74) is 0.825. The third-order valence-electron chi connectivity index (χ3n) is 4.04. The second kappa shape index (κ2) is 5.70. The third-order valence-corrected chi connectivity index (χ3v) is 4.04. The van der Waals surface area contributed by atoms with Crippen molar-refractivity contribution in [2.45, 2.75) is 39.2 Å². The topological polar surface area (TPSA) is 23.5 Å². The molecule has 1 aliphatic heterocycles. The van der Waals surface area contributed by atoms with Gasteiger partial charge in [0.1, 0.15) is 11.6 Å². The monoisotopic (exact) mass is 251 g/mol. The number of phenolic OH excluding ortho intramolecular Hbond substituents is 1. The van der Waals surface area contributed by atoms with Crippen molar-refractivity contribution in [1.29, 1.82) is 0 Å². The number of benzene rings is 1. The van der Waals surface area contributed by atoms with Gasteiger partial charge in [0, 0.05) is 17.7 Å². The molecule has 1 aromatic carbocycles. The molecule has 0 amide bonds. The molecule has 1 fully saturated rings. The summed E-state index contributed by atoms with van der Waals surface area (Å²) in [4.78, 5) is 2.39. The largest absolute Gasteiger partial charge is 0.508 e. The SMILES string of the molecule is CC1CCCN(C(C)c2ccc(F)cc2O)CC1. The lowest BCUT2D eigenvalue weighted by Crippen LogP contribution is -2.28. The molecule has 0 radical (unpaired) electrons. The molecule has 2 unspecified atom stereocenters. The zero-order valence-corrected chi connectivity index (χ0v) is 11.2. The van der Waals surface area contributed by atoms with Gasteiger partial charge in [0.2, 0.25) is 0 Å². The van der Waals surface area contributed by atoms with Gasteiger partial charge in [-0.05, 0) is 51.3 Å². The Kier molecular flexibility index (Phi) is 4.23. The minimum absolute atomic E-state index is 0.0693. The summed E-state index contributed by atoms with van der Waals surface area (Å²) in [6.45, 7) is 6.49. The Labute approximate surface area is 108 Å². The number of aromatic hydroxyl groups is 1. The molecule has 0 bridgehead atoms. The van der Waals surface area contributed by atoms with Gasteiger partial charge in [0.15, 0.2) is 0 Å². The first-order chi connectivity index (χ1) is 8.58. The van der Waals surface area contributed by atoms with Crippen LogP contribution in [0.5, 0.6) is 5.75 Å². The summed E-state index contributed by atoms with van der Waals surface area (Å²) in [7, 11) is 0. The van der Waals surface area contributed by atoms with E-state index in [-0.39, 0.29) is 17.6 Å². The van der Waals surface area contributed by atoms with Crippen molar-refractivity contribution in [1.82, 2.24) is 4.90 Å². The van der Waals surface area contributed by atoms with Crippen molar-refractivity contribution < 1.29 is 9.50 Å². The molecule has 2 nitrogen and oxygen atoms in total. The number of rotatable bonds is 2. The zero-order chi connectivity index (χ0) is 13.1. The first-order valence-corrected chi connectivity index (χ1v) is 6.80. The highest BCUT2D eigenvalue weighted by molar-refractivity contribution is 5.35. The molecule has 3 heteroatoms. The van der Waals surface area contributed by atoms with Crippen LogP contribution in [-0.4, -0.2) is 23.1 Å².